The number of carbonyl (C=O) groups is 1. The number of furan rings is 1. The summed E-state index contributed by atoms with van der Waals surface area (Å²) in [6.45, 7) is 5.29. The maximum Gasteiger partial charge on any atom is 0.347 e. The third kappa shape index (κ3) is 4.43. The molecule has 2 aromatic carbocycles. The zero-order valence-corrected chi connectivity index (χ0v) is 19.5. The first-order chi connectivity index (χ1) is 16.5. The Bertz CT molecular complexity index is 1410. The average molecular weight is 461 g/mol. The van der Waals surface area contributed by atoms with Gasteiger partial charge in [-0.1, -0.05) is 18.2 Å². The molecule has 1 aliphatic rings. The average Bonchev–Trinajstić information content (AvgIpc) is 3.46. The molecule has 0 aliphatic carbocycles. The zero-order valence-electron chi connectivity index (χ0n) is 19.5. The number of nitrogens with one attached hydrogen (secondary N) is 1. The fraction of sp³-hybridized carbons (Fsp3) is 0.333. The van der Waals surface area contributed by atoms with E-state index in [0.29, 0.717) is 34.6 Å². The van der Waals surface area contributed by atoms with Crippen molar-refractivity contribution in [1.82, 2.24) is 10.2 Å². The topological polar surface area (TPSA) is 84.9 Å². The molecule has 1 N–H and O–H groups in total. The number of rotatable bonds is 7. The second kappa shape index (κ2) is 9.35. The Morgan fingerprint density at radius 1 is 1.06 bits per heavy atom. The molecule has 7 heteroatoms. The molecule has 0 radical (unpaired) electrons. The molecule has 0 unspecified atom stereocenters. The van der Waals surface area contributed by atoms with Gasteiger partial charge in [0.25, 0.3) is 0 Å². The summed E-state index contributed by atoms with van der Waals surface area (Å²) in [6.07, 6.45) is 2.47. The van der Waals surface area contributed by atoms with Crippen LogP contribution in [0.15, 0.2) is 56.1 Å². The van der Waals surface area contributed by atoms with Gasteiger partial charge in [-0.2, -0.15) is 0 Å². The highest BCUT2D eigenvalue weighted by atomic mass is 16.5. The Kier molecular flexibility index (Phi) is 6.11. The van der Waals surface area contributed by atoms with Crippen LogP contribution in [0.25, 0.3) is 33.1 Å². The van der Waals surface area contributed by atoms with Gasteiger partial charge in [-0.15, -0.1) is 0 Å². The van der Waals surface area contributed by atoms with E-state index in [2.05, 4.69) is 10.2 Å². The standard InChI is InChI=1S/C27H28N2O5/c1-17-13-23-25(27(31)33-17)22(16-24(30)28-9-12-29-10-3-4-11-29)26(34-23)20-6-5-19-15-21(32-2)8-7-18(19)14-20/h5-8,13-15H,3-4,9-12,16H2,1-2H3,(H,28,30). The Morgan fingerprint density at radius 3 is 2.62 bits per heavy atom. The van der Waals surface area contributed by atoms with E-state index < -0.39 is 5.63 Å². The number of ether oxygens (including phenoxy) is 1. The van der Waals surface area contributed by atoms with Crippen molar-refractivity contribution in [1.29, 1.82) is 0 Å². The van der Waals surface area contributed by atoms with Gasteiger partial charge in [0.2, 0.25) is 5.91 Å². The summed E-state index contributed by atoms with van der Waals surface area (Å²) in [4.78, 5) is 27.9. The normalized spacial score (nSPS) is 14.2. The van der Waals surface area contributed by atoms with Crippen molar-refractivity contribution in [2.24, 2.45) is 0 Å². The van der Waals surface area contributed by atoms with Crippen LogP contribution < -0.4 is 15.7 Å². The summed E-state index contributed by atoms with van der Waals surface area (Å²) in [5.74, 6) is 1.61. The van der Waals surface area contributed by atoms with Gasteiger partial charge >= 0.3 is 5.63 Å². The number of nitrogens with zero attached hydrogens (tertiary/aromatic N) is 1. The molecule has 0 spiro atoms. The highest BCUT2D eigenvalue weighted by Gasteiger charge is 2.23. The Balaban J connectivity index is 1.49. The maximum atomic E-state index is 12.9. The zero-order chi connectivity index (χ0) is 23.7. The van der Waals surface area contributed by atoms with E-state index >= 15 is 0 Å². The van der Waals surface area contributed by atoms with E-state index in [1.165, 1.54) is 12.8 Å². The van der Waals surface area contributed by atoms with Crippen molar-refractivity contribution in [3.63, 3.8) is 0 Å². The second-order valence-corrected chi connectivity index (χ2v) is 8.80. The lowest BCUT2D eigenvalue weighted by Gasteiger charge is -2.14. The van der Waals surface area contributed by atoms with E-state index in [-0.39, 0.29) is 12.3 Å². The molecule has 4 aromatic rings. The Labute approximate surface area is 197 Å². The molecule has 1 fully saturated rings. The van der Waals surface area contributed by atoms with E-state index in [1.54, 1.807) is 20.1 Å². The second-order valence-electron chi connectivity index (χ2n) is 8.80. The number of amides is 1. The largest absolute Gasteiger partial charge is 0.497 e. The van der Waals surface area contributed by atoms with Gasteiger partial charge in [-0.3, -0.25) is 4.79 Å². The molecule has 3 heterocycles. The van der Waals surface area contributed by atoms with Crippen LogP contribution in [-0.2, 0) is 11.2 Å². The van der Waals surface area contributed by atoms with Gasteiger partial charge < -0.3 is 23.8 Å². The van der Waals surface area contributed by atoms with Crippen molar-refractivity contribution < 1.29 is 18.4 Å². The first kappa shape index (κ1) is 22.2. The first-order valence-electron chi connectivity index (χ1n) is 11.6. The van der Waals surface area contributed by atoms with E-state index in [0.717, 1.165) is 41.7 Å². The molecule has 0 bridgehead atoms. The molecule has 0 atom stereocenters. The molecule has 1 aliphatic heterocycles. The maximum absolute atomic E-state index is 12.9. The number of aryl methyl sites for hydroxylation is 1. The van der Waals surface area contributed by atoms with Crippen molar-refractivity contribution in [3.8, 4) is 17.1 Å². The van der Waals surface area contributed by atoms with Crippen molar-refractivity contribution in [2.75, 3.05) is 33.3 Å². The molecular weight excluding hydrogens is 432 g/mol. The van der Waals surface area contributed by atoms with Gasteiger partial charge in [0.15, 0.2) is 0 Å². The van der Waals surface area contributed by atoms with Crippen molar-refractivity contribution >= 4 is 27.6 Å². The third-order valence-electron chi connectivity index (χ3n) is 6.42. The predicted molar refractivity (Wildman–Crippen MR) is 131 cm³/mol. The molecule has 5 rings (SSSR count). The molecule has 34 heavy (non-hydrogen) atoms. The fourth-order valence-corrected chi connectivity index (χ4v) is 4.70. The van der Waals surface area contributed by atoms with Crippen molar-refractivity contribution in [2.45, 2.75) is 26.2 Å². The molecule has 2 aromatic heterocycles. The van der Waals surface area contributed by atoms with Crippen LogP contribution in [0.1, 0.15) is 24.2 Å². The number of benzene rings is 2. The highest BCUT2D eigenvalue weighted by Crippen LogP contribution is 2.35. The van der Waals surface area contributed by atoms with E-state index in [1.807, 2.05) is 36.4 Å². The van der Waals surface area contributed by atoms with Crippen molar-refractivity contribution in [3.05, 3.63) is 64.2 Å². The summed E-state index contributed by atoms with van der Waals surface area (Å²) in [5, 5.41) is 5.35. The summed E-state index contributed by atoms with van der Waals surface area (Å²) in [6, 6.07) is 13.4. The molecule has 0 saturated carbocycles. The predicted octanol–water partition coefficient (Wildman–Crippen LogP) is 4.28. The monoisotopic (exact) mass is 460 g/mol. The molecule has 7 nitrogen and oxygen atoms in total. The number of fused-ring (bicyclic) bond motifs is 2. The van der Waals surface area contributed by atoms with Crippen LogP contribution in [0, 0.1) is 6.92 Å². The van der Waals surface area contributed by atoms with Crippen LogP contribution in [-0.4, -0.2) is 44.1 Å². The Morgan fingerprint density at radius 2 is 1.82 bits per heavy atom. The summed E-state index contributed by atoms with van der Waals surface area (Å²) < 4.78 is 16.8. The quantitative estimate of drug-likeness (QED) is 0.443. The minimum absolute atomic E-state index is 0.0385. The summed E-state index contributed by atoms with van der Waals surface area (Å²) in [5.41, 5.74) is 1.29. The van der Waals surface area contributed by atoms with Crippen LogP contribution in [0.5, 0.6) is 5.75 Å². The molecule has 176 valence electrons. The van der Waals surface area contributed by atoms with Gasteiger partial charge in [0.05, 0.1) is 13.5 Å². The smallest absolute Gasteiger partial charge is 0.347 e. The van der Waals surface area contributed by atoms with Gasteiger partial charge in [0.1, 0.15) is 28.2 Å². The number of carbonyl (C=O) groups excluding carboxylic acids is 1. The Hall–Kier alpha value is -3.58. The van der Waals surface area contributed by atoms with E-state index in [9.17, 15) is 9.59 Å². The number of methoxy groups -OCH3 is 1. The lowest BCUT2D eigenvalue weighted by atomic mass is 10.0. The number of hydrogen-bond donors (Lipinski definition) is 1. The summed E-state index contributed by atoms with van der Waals surface area (Å²) in [7, 11) is 1.64. The van der Waals surface area contributed by atoms with Gasteiger partial charge in [-0.05, 0) is 61.8 Å². The third-order valence-corrected chi connectivity index (χ3v) is 6.42. The van der Waals surface area contributed by atoms with Gasteiger partial charge in [-0.25, -0.2) is 4.79 Å². The van der Waals surface area contributed by atoms with Crippen LogP contribution in [0.4, 0.5) is 0 Å². The van der Waals surface area contributed by atoms with E-state index in [4.69, 9.17) is 13.6 Å². The highest BCUT2D eigenvalue weighted by molar-refractivity contribution is 5.95. The number of hydrogen-bond acceptors (Lipinski definition) is 6. The number of likely N-dealkylation sites (tertiary alicyclic amines) is 1. The summed E-state index contributed by atoms with van der Waals surface area (Å²) >= 11 is 0. The molecule has 1 amide bonds. The van der Waals surface area contributed by atoms with Crippen LogP contribution in [0.3, 0.4) is 0 Å². The lowest BCUT2D eigenvalue weighted by Crippen LogP contribution is -2.34. The van der Waals surface area contributed by atoms with Crippen LogP contribution in [0.2, 0.25) is 0 Å². The minimum atomic E-state index is -0.490. The SMILES string of the molecule is COc1ccc2cc(-c3oc4cc(C)oc(=O)c4c3CC(=O)NCCN3CCCC3)ccc2c1. The molecule has 1 saturated heterocycles. The lowest BCUT2D eigenvalue weighted by molar-refractivity contribution is -0.120. The fourth-order valence-electron chi connectivity index (χ4n) is 4.70. The first-order valence-corrected chi connectivity index (χ1v) is 11.6. The van der Waals surface area contributed by atoms with Crippen LogP contribution >= 0.6 is 0 Å². The molecular formula is C27H28N2O5. The minimum Gasteiger partial charge on any atom is -0.497 e. The van der Waals surface area contributed by atoms with Gasteiger partial charge in [0, 0.05) is 30.3 Å².